The summed E-state index contributed by atoms with van der Waals surface area (Å²) in [7, 11) is -3.49. The van der Waals surface area contributed by atoms with E-state index in [1.54, 1.807) is 16.4 Å². The molecule has 1 saturated heterocycles. The number of hydrogen-bond donors (Lipinski definition) is 1. The van der Waals surface area contributed by atoms with E-state index in [9.17, 15) is 13.2 Å². The molecule has 1 aliphatic rings. The number of nitrogens with zero attached hydrogens (tertiary/aromatic N) is 3. The van der Waals surface area contributed by atoms with Crippen molar-refractivity contribution in [2.24, 2.45) is 0 Å². The molecule has 4 heterocycles. The number of rotatable bonds is 5. The van der Waals surface area contributed by atoms with Crippen LogP contribution in [0.4, 0.5) is 0 Å². The minimum atomic E-state index is -3.49. The first-order valence-corrected chi connectivity index (χ1v) is 12.4. The van der Waals surface area contributed by atoms with Crippen molar-refractivity contribution in [1.82, 2.24) is 19.3 Å². The molecular weight excluding hydrogens is 416 g/mol. The highest BCUT2D eigenvalue weighted by molar-refractivity contribution is 7.98. The van der Waals surface area contributed by atoms with Gasteiger partial charge in [0.25, 0.3) is 5.56 Å². The predicted octanol–water partition coefficient (Wildman–Crippen LogP) is 3.24. The summed E-state index contributed by atoms with van der Waals surface area (Å²) in [5.74, 6) is 1.02. The second kappa shape index (κ2) is 8.32. The van der Waals surface area contributed by atoms with E-state index in [2.05, 4.69) is 15.0 Å². The average molecular weight is 437 g/mol. The third kappa shape index (κ3) is 4.14. The van der Waals surface area contributed by atoms with Crippen LogP contribution in [-0.2, 0) is 15.8 Å². The number of fused-ring (bicyclic) bond motifs is 1. The second-order valence-corrected chi connectivity index (χ2v) is 10.4. The average Bonchev–Trinajstić information content (AvgIpc) is 2.99. The van der Waals surface area contributed by atoms with Crippen molar-refractivity contribution < 1.29 is 8.42 Å². The lowest BCUT2D eigenvalue weighted by Crippen LogP contribution is -2.32. The first kappa shape index (κ1) is 19.6. The van der Waals surface area contributed by atoms with E-state index >= 15 is 0 Å². The molecule has 1 N–H and O–H groups in total. The van der Waals surface area contributed by atoms with Crippen LogP contribution in [0.5, 0.6) is 0 Å². The van der Waals surface area contributed by atoms with E-state index in [1.807, 2.05) is 11.4 Å². The molecule has 0 bridgehead atoms. The molecule has 10 heteroatoms. The Bertz CT molecular complexity index is 1110. The fraction of sp³-hybridized carbons (Fsp3) is 0.389. The van der Waals surface area contributed by atoms with E-state index in [0.717, 1.165) is 25.7 Å². The maximum Gasteiger partial charge on any atom is 0.268 e. The van der Waals surface area contributed by atoms with Crippen LogP contribution in [0.25, 0.3) is 10.2 Å². The number of aromatic nitrogens is 3. The first-order valence-electron chi connectivity index (χ1n) is 9.09. The molecule has 0 amide bonds. The molecule has 0 atom stereocenters. The summed E-state index contributed by atoms with van der Waals surface area (Å²) in [5, 5.41) is 2.53. The van der Waals surface area contributed by atoms with Gasteiger partial charge in [-0.2, -0.15) is 4.31 Å². The van der Waals surface area contributed by atoms with Crippen LogP contribution in [0.15, 0.2) is 44.5 Å². The van der Waals surface area contributed by atoms with E-state index in [4.69, 9.17) is 0 Å². The van der Waals surface area contributed by atoms with Crippen LogP contribution >= 0.6 is 23.1 Å². The molecule has 0 aliphatic carbocycles. The van der Waals surface area contributed by atoms with Gasteiger partial charge in [0, 0.05) is 19.3 Å². The predicted molar refractivity (Wildman–Crippen MR) is 111 cm³/mol. The lowest BCUT2D eigenvalue weighted by Gasteiger charge is -2.19. The van der Waals surface area contributed by atoms with Gasteiger partial charge in [0.05, 0.1) is 16.3 Å². The fourth-order valence-electron chi connectivity index (χ4n) is 3.17. The Morgan fingerprint density at radius 2 is 1.93 bits per heavy atom. The van der Waals surface area contributed by atoms with E-state index in [0.29, 0.717) is 39.9 Å². The number of thioether (sulfide) groups is 1. The van der Waals surface area contributed by atoms with Gasteiger partial charge in [0.2, 0.25) is 10.0 Å². The molecule has 1 aliphatic heterocycles. The van der Waals surface area contributed by atoms with Crippen LogP contribution < -0.4 is 5.56 Å². The van der Waals surface area contributed by atoms with Crippen molar-refractivity contribution in [3.8, 4) is 0 Å². The summed E-state index contributed by atoms with van der Waals surface area (Å²) in [6, 6.07) is 5.13. The highest BCUT2D eigenvalue weighted by atomic mass is 32.2. The number of nitrogens with one attached hydrogen (secondary N) is 1. The van der Waals surface area contributed by atoms with Gasteiger partial charge in [0.15, 0.2) is 0 Å². The molecule has 0 unspecified atom stereocenters. The summed E-state index contributed by atoms with van der Waals surface area (Å²) in [4.78, 5) is 23.8. The highest BCUT2D eigenvalue weighted by Gasteiger charge is 2.25. The molecule has 1 fully saturated rings. The van der Waals surface area contributed by atoms with Crippen LogP contribution in [0.2, 0.25) is 0 Å². The Labute approximate surface area is 171 Å². The van der Waals surface area contributed by atoms with Gasteiger partial charge < -0.3 is 4.98 Å². The lowest BCUT2D eigenvalue weighted by molar-refractivity contribution is 0.423. The van der Waals surface area contributed by atoms with Gasteiger partial charge >= 0.3 is 0 Å². The zero-order valence-corrected chi connectivity index (χ0v) is 17.6. The molecule has 3 aromatic rings. The SMILES string of the molecule is O=c1[nH]c(CSc2ccc(S(=O)(=O)N3CCCCCC3)cn2)nc2ccsc12. The normalized spacial score (nSPS) is 16.3. The lowest BCUT2D eigenvalue weighted by atomic mass is 10.2. The summed E-state index contributed by atoms with van der Waals surface area (Å²) in [6.07, 6.45) is 5.38. The van der Waals surface area contributed by atoms with Gasteiger partial charge in [0.1, 0.15) is 15.4 Å². The van der Waals surface area contributed by atoms with Gasteiger partial charge in [-0.3, -0.25) is 4.79 Å². The largest absolute Gasteiger partial charge is 0.309 e. The summed E-state index contributed by atoms with van der Waals surface area (Å²) < 4.78 is 27.8. The van der Waals surface area contributed by atoms with Gasteiger partial charge in [-0.1, -0.05) is 24.6 Å². The number of thiophene rings is 1. The molecule has 4 rings (SSSR count). The Balaban J connectivity index is 1.46. The maximum absolute atomic E-state index is 12.8. The number of aromatic amines is 1. The fourth-order valence-corrected chi connectivity index (χ4v) is 6.07. The number of H-pyrrole nitrogens is 1. The zero-order valence-electron chi connectivity index (χ0n) is 15.1. The van der Waals surface area contributed by atoms with Crippen LogP contribution in [0.3, 0.4) is 0 Å². The van der Waals surface area contributed by atoms with Gasteiger partial charge in [-0.25, -0.2) is 18.4 Å². The van der Waals surface area contributed by atoms with Crippen LogP contribution in [0.1, 0.15) is 31.5 Å². The van der Waals surface area contributed by atoms with Gasteiger partial charge in [-0.05, 0) is 36.4 Å². The third-order valence-electron chi connectivity index (χ3n) is 4.63. The van der Waals surface area contributed by atoms with E-state index in [1.165, 1.54) is 29.3 Å². The standard InChI is InChI=1S/C18H20N4O3S3/c23-18-17-14(7-10-26-17)20-15(21-18)12-27-16-6-5-13(11-19-16)28(24,25)22-8-3-1-2-4-9-22/h5-7,10-11H,1-4,8-9,12H2,(H,20,21,23). The second-order valence-electron chi connectivity index (χ2n) is 6.59. The molecule has 0 aromatic carbocycles. The maximum atomic E-state index is 12.8. The Kier molecular flexibility index (Phi) is 5.81. The highest BCUT2D eigenvalue weighted by Crippen LogP contribution is 2.24. The number of hydrogen-bond acceptors (Lipinski definition) is 7. The smallest absolute Gasteiger partial charge is 0.268 e. The van der Waals surface area contributed by atoms with Gasteiger partial charge in [-0.15, -0.1) is 11.3 Å². The Hall–Kier alpha value is -1.75. The molecule has 148 valence electrons. The molecular formula is C18H20N4O3S3. The quantitative estimate of drug-likeness (QED) is 0.617. The van der Waals surface area contributed by atoms with Crippen molar-refractivity contribution in [3.63, 3.8) is 0 Å². The molecule has 0 radical (unpaired) electrons. The van der Waals surface area contributed by atoms with Crippen molar-refractivity contribution in [2.45, 2.75) is 41.4 Å². The number of pyridine rings is 1. The topological polar surface area (TPSA) is 96.0 Å². The van der Waals surface area contributed by atoms with Crippen molar-refractivity contribution >= 4 is 43.3 Å². The minimum absolute atomic E-state index is 0.137. The summed E-state index contributed by atoms with van der Waals surface area (Å²) >= 11 is 2.77. The zero-order chi connectivity index (χ0) is 19.6. The van der Waals surface area contributed by atoms with Crippen LogP contribution in [0, 0.1) is 0 Å². The minimum Gasteiger partial charge on any atom is -0.309 e. The molecule has 7 nitrogen and oxygen atoms in total. The molecule has 28 heavy (non-hydrogen) atoms. The van der Waals surface area contributed by atoms with E-state index < -0.39 is 10.0 Å². The van der Waals surface area contributed by atoms with Crippen molar-refractivity contribution in [2.75, 3.05) is 13.1 Å². The van der Waals surface area contributed by atoms with Crippen molar-refractivity contribution in [1.29, 1.82) is 0 Å². The number of sulfonamides is 1. The Morgan fingerprint density at radius 3 is 2.64 bits per heavy atom. The third-order valence-corrected chi connectivity index (χ3v) is 8.37. The van der Waals surface area contributed by atoms with Crippen molar-refractivity contribution in [3.05, 3.63) is 46.0 Å². The Morgan fingerprint density at radius 1 is 1.14 bits per heavy atom. The molecule has 3 aromatic heterocycles. The first-order chi connectivity index (χ1) is 13.5. The summed E-state index contributed by atoms with van der Waals surface area (Å²) in [5.41, 5.74) is 0.554. The molecule has 0 saturated carbocycles. The molecule has 0 spiro atoms. The monoisotopic (exact) mass is 436 g/mol. The van der Waals surface area contributed by atoms with Crippen LogP contribution in [-0.4, -0.2) is 40.8 Å². The van der Waals surface area contributed by atoms with E-state index in [-0.39, 0.29) is 10.5 Å². The summed E-state index contributed by atoms with van der Waals surface area (Å²) in [6.45, 7) is 1.14.